The molecule has 0 bridgehead atoms. The zero-order valence-corrected chi connectivity index (χ0v) is 10.9. The number of aliphatic hydroxyl groups is 1. The number of nitrogens with zero attached hydrogens (tertiary/aromatic N) is 1. The van der Waals surface area contributed by atoms with Crippen molar-refractivity contribution >= 4 is 11.4 Å². The Labute approximate surface area is 111 Å². The molecule has 3 atom stereocenters. The third-order valence-electron chi connectivity index (χ3n) is 4.46. The molecule has 0 amide bonds. The van der Waals surface area contributed by atoms with Crippen LogP contribution in [0.4, 0.5) is 11.4 Å². The third kappa shape index (κ3) is 1.48. The molecule has 0 aliphatic carbocycles. The Hall–Kier alpha value is -1.46. The lowest BCUT2D eigenvalue weighted by atomic mass is 9.92. The van der Waals surface area contributed by atoms with Crippen LogP contribution in [0.5, 0.6) is 5.75 Å². The normalized spacial score (nSPS) is 34.9. The van der Waals surface area contributed by atoms with Gasteiger partial charge < -0.3 is 25.2 Å². The van der Waals surface area contributed by atoms with Crippen molar-refractivity contribution < 1.29 is 14.6 Å². The van der Waals surface area contributed by atoms with Crippen molar-refractivity contribution in [3.8, 4) is 5.75 Å². The summed E-state index contributed by atoms with van der Waals surface area (Å²) >= 11 is 0. The molecule has 0 aromatic heterocycles. The summed E-state index contributed by atoms with van der Waals surface area (Å²) in [5.74, 6) is 0.851. The predicted molar refractivity (Wildman–Crippen MR) is 71.6 cm³/mol. The van der Waals surface area contributed by atoms with E-state index in [1.165, 1.54) is 0 Å². The highest BCUT2D eigenvalue weighted by Crippen LogP contribution is 2.44. The van der Waals surface area contributed by atoms with Crippen LogP contribution >= 0.6 is 0 Å². The fraction of sp³-hybridized carbons (Fsp3) is 0.571. The largest absolute Gasteiger partial charge is 0.484 e. The average Bonchev–Trinajstić information content (AvgIpc) is 2.68. The molecule has 102 valence electrons. The lowest BCUT2D eigenvalue weighted by Crippen LogP contribution is -2.71. The fourth-order valence-corrected chi connectivity index (χ4v) is 3.16. The Morgan fingerprint density at radius 2 is 2.37 bits per heavy atom. The molecule has 0 radical (unpaired) electrons. The van der Waals surface area contributed by atoms with Gasteiger partial charge in [-0.1, -0.05) is 0 Å². The minimum Gasteiger partial charge on any atom is -0.484 e. The van der Waals surface area contributed by atoms with E-state index < -0.39 is 5.60 Å². The van der Waals surface area contributed by atoms with Crippen LogP contribution in [0.15, 0.2) is 12.1 Å². The summed E-state index contributed by atoms with van der Waals surface area (Å²) in [5, 5.41) is 9.41. The van der Waals surface area contributed by atoms with Gasteiger partial charge in [0.05, 0.1) is 36.7 Å². The molecular weight excluding hydrogens is 244 g/mol. The molecule has 3 aliphatic rings. The van der Waals surface area contributed by atoms with E-state index in [4.69, 9.17) is 15.2 Å². The first-order chi connectivity index (χ1) is 9.09. The number of nitrogen functional groups attached to an aromatic ring is 1. The topological polar surface area (TPSA) is 68.0 Å². The van der Waals surface area contributed by atoms with Gasteiger partial charge in [-0.15, -0.1) is 0 Å². The van der Waals surface area contributed by atoms with Gasteiger partial charge in [0, 0.05) is 24.6 Å². The van der Waals surface area contributed by atoms with Gasteiger partial charge in [-0.3, -0.25) is 0 Å². The van der Waals surface area contributed by atoms with E-state index in [-0.39, 0.29) is 6.61 Å². The highest BCUT2D eigenvalue weighted by Gasteiger charge is 2.48. The number of fused-ring (bicyclic) bond motifs is 2. The Bertz CT molecular complexity index is 548. The summed E-state index contributed by atoms with van der Waals surface area (Å²) in [6.07, 6.45) is 1.09. The van der Waals surface area contributed by atoms with Gasteiger partial charge in [0.15, 0.2) is 0 Å². The number of aliphatic hydroxyl groups excluding tert-OH is 1. The van der Waals surface area contributed by atoms with Gasteiger partial charge in [-0.2, -0.15) is 0 Å². The maximum atomic E-state index is 9.41. The monoisotopic (exact) mass is 262 g/mol. The molecule has 5 nitrogen and oxygen atoms in total. The minimum atomic E-state index is -0.509. The van der Waals surface area contributed by atoms with E-state index in [0.29, 0.717) is 18.6 Å². The molecule has 5 heteroatoms. The first-order valence-corrected chi connectivity index (χ1v) is 6.70. The molecule has 3 unspecified atom stereocenters. The van der Waals surface area contributed by atoms with Crippen molar-refractivity contribution in [3.63, 3.8) is 0 Å². The number of anilines is 2. The van der Waals surface area contributed by atoms with Crippen molar-refractivity contribution in [1.29, 1.82) is 0 Å². The number of morpholine rings is 1. The Kier molecular flexibility index (Phi) is 2.13. The number of benzene rings is 1. The number of hydrogen-bond acceptors (Lipinski definition) is 5. The van der Waals surface area contributed by atoms with E-state index >= 15 is 0 Å². The standard InChI is InChI=1S/C14H18N2O3/c1-14(7-17)4-8-2-9(15)10(3-12(8)19-14)16-5-13-11(16)6-18-13/h2-3,11,13,17H,4-7,15H2,1H3. The molecule has 0 spiro atoms. The SMILES string of the molecule is CC1(CO)Cc2cc(N)c(N3CC4OCC43)cc2O1. The second-order valence-electron chi connectivity index (χ2n) is 6.00. The highest BCUT2D eigenvalue weighted by atomic mass is 16.5. The van der Waals surface area contributed by atoms with Crippen LogP contribution in [0.3, 0.4) is 0 Å². The summed E-state index contributed by atoms with van der Waals surface area (Å²) in [7, 11) is 0. The summed E-state index contributed by atoms with van der Waals surface area (Å²) in [6.45, 7) is 3.63. The fourth-order valence-electron chi connectivity index (χ4n) is 3.16. The average molecular weight is 262 g/mol. The molecule has 3 N–H and O–H groups in total. The quantitative estimate of drug-likeness (QED) is 0.762. The highest BCUT2D eigenvalue weighted by molar-refractivity contribution is 5.74. The zero-order chi connectivity index (χ0) is 13.2. The summed E-state index contributed by atoms with van der Waals surface area (Å²) in [6, 6.07) is 4.48. The van der Waals surface area contributed by atoms with Crippen LogP contribution in [-0.2, 0) is 11.2 Å². The van der Waals surface area contributed by atoms with Crippen LogP contribution in [0.1, 0.15) is 12.5 Å². The van der Waals surface area contributed by atoms with Crippen molar-refractivity contribution in [3.05, 3.63) is 17.7 Å². The molecule has 3 aliphatic heterocycles. The summed E-state index contributed by atoms with van der Waals surface area (Å²) in [5.41, 5.74) is 8.56. The Balaban J connectivity index is 1.66. The van der Waals surface area contributed by atoms with Gasteiger partial charge in [0.1, 0.15) is 11.4 Å². The molecule has 3 heterocycles. The maximum Gasteiger partial charge on any atom is 0.133 e. The van der Waals surface area contributed by atoms with Crippen LogP contribution in [0, 0.1) is 0 Å². The Morgan fingerprint density at radius 3 is 2.95 bits per heavy atom. The van der Waals surface area contributed by atoms with Crippen LogP contribution in [0.25, 0.3) is 0 Å². The van der Waals surface area contributed by atoms with Crippen LogP contribution in [0.2, 0.25) is 0 Å². The minimum absolute atomic E-state index is 0.0131. The van der Waals surface area contributed by atoms with Gasteiger partial charge in [0.2, 0.25) is 0 Å². The first-order valence-electron chi connectivity index (χ1n) is 6.70. The Morgan fingerprint density at radius 1 is 1.53 bits per heavy atom. The smallest absolute Gasteiger partial charge is 0.133 e. The zero-order valence-electron chi connectivity index (χ0n) is 10.9. The summed E-state index contributed by atoms with van der Waals surface area (Å²) < 4.78 is 11.3. The second-order valence-corrected chi connectivity index (χ2v) is 6.00. The molecule has 2 fully saturated rings. The van der Waals surface area contributed by atoms with Crippen LogP contribution < -0.4 is 15.4 Å². The van der Waals surface area contributed by atoms with E-state index in [1.54, 1.807) is 0 Å². The van der Waals surface area contributed by atoms with Crippen molar-refractivity contribution in [2.24, 2.45) is 0 Å². The van der Waals surface area contributed by atoms with E-state index in [1.807, 2.05) is 19.1 Å². The number of ether oxygens (including phenoxy) is 2. The molecule has 2 saturated heterocycles. The number of nitrogens with two attached hydrogens (primary N) is 1. The third-order valence-corrected chi connectivity index (χ3v) is 4.46. The number of rotatable bonds is 2. The lowest BCUT2D eigenvalue weighted by molar-refractivity contribution is -0.113. The number of hydrogen-bond donors (Lipinski definition) is 2. The summed E-state index contributed by atoms with van der Waals surface area (Å²) in [4.78, 5) is 2.28. The van der Waals surface area contributed by atoms with Crippen molar-refractivity contribution in [1.82, 2.24) is 0 Å². The molecule has 1 aromatic rings. The van der Waals surface area contributed by atoms with Gasteiger partial charge in [-0.25, -0.2) is 0 Å². The molecule has 1 aromatic carbocycles. The molecular formula is C14H18N2O3. The maximum absolute atomic E-state index is 9.41. The van der Waals surface area contributed by atoms with E-state index in [0.717, 1.165) is 35.8 Å². The lowest BCUT2D eigenvalue weighted by Gasteiger charge is -2.56. The van der Waals surface area contributed by atoms with Gasteiger partial charge in [-0.05, 0) is 13.0 Å². The van der Waals surface area contributed by atoms with Crippen molar-refractivity contribution in [2.45, 2.75) is 31.1 Å². The van der Waals surface area contributed by atoms with Crippen LogP contribution in [-0.4, -0.2) is 42.6 Å². The predicted octanol–water partition coefficient (Wildman–Crippen LogP) is 0.542. The van der Waals surface area contributed by atoms with Crippen molar-refractivity contribution in [2.75, 3.05) is 30.4 Å². The second kappa shape index (κ2) is 3.55. The molecule has 4 rings (SSSR count). The van der Waals surface area contributed by atoms with Gasteiger partial charge >= 0.3 is 0 Å². The van der Waals surface area contributed by atoms with E-state index in [2.05, 4.69) is 4.90 Å². The molecule has 0 saturated carbocycles. The molecule has 19 heavy (non-hydrogen) atoms. The van der Waals surface area contributed by atoms with E-state index in [9.17, 15) is 5.11 Å². The van der Waals surface area contributed by atoms with Gasteiger partial charge in [0.25, 0.3) is 0 Å². The first kappa shape index (κ1) is 11.4.